The SMILES string of the molecule is NNC(N)=NC1CC1c1ccccc1. The molecule has 74 valence electrons. The molecule has 1 aliphatic carbocycles. The fourth-order valence-corrected chi connectivity index (χ4v) is 1.60. The number of nitrogens with one attached hydrogen (secondary N) is 1. The van der Waals surface area contributed by atoms with Crippen LogP contribution in [0.1, 0.15) is 17.9 Å². The first kappa shape index (κ1) is 9.02. The minimum atomic E-state index is 0.299. The summed E-state index contributed by atoms with van der Waals surface area (Å²) in [6.07, 6.45) is 1.06. The van der Waals surface area contributed by atoms with Gasteiger partial charge in [0.2, 0.25) is 5.96 Å². The molecule has 2 rings (SSSR count). The van der Waals surface area contributed by atoms with Crippen molar-refractivity contribution < 1.29 is 0 Å². The van der Waals surface area contributed by atoms with Crippen LogP contribution in [0.25, 0.3) is 0 Å². The normalized spacial score (nSPS) is 25.9. The lowest BCUT2D eigenvalue weighted by Gasteiger charge is -1.98. The molecule has 0 amide bonds. The molecule has 4 nitrogen and oxygen atoms in total. The molecule has 0 spiro atoms. The average molecular weight is 190 g/mol. The minimum absolute atomic E-state index is 0.299. The number of hydrazine groups is 1. The number of guanidine groups is 1. The maximum atomic E-state index is 5.47. The first-order valence-corrected chi connectivity index (χ1v) is 4.66. The summed E-state index contributed by atoms with van der Waals surface area (Å²) in [5.74, 6) is 5.96. The molecule has 0 saturated heterocycles. The Bertz CT molecular complexity index is 333. The lowest BCUT2D eigenvalue weighted by atomic mass is 10.1. The van der Waals surface area contributed by atoms with Gasteiger partial charge in [-0.2, -0.15) is 0 Å². The molecule has 0 aromatic heterocycles. The largest absolute Gasteiger partial charge is 0.369 e. The zero-order valence-electron chi connectivity index (χ0n) is 7.85. The van der Waals surface area contributed by atoms with Gasteiger partial charge in [-0.25, -0.2) is 10.8 Å². The van der Waals surface area contributed by atoms with Gasteiger partial charge in [-0.15, -0.1) is 0 Å². The van der Waals surface area contributed by atoms with E-state index >= 15 is 0 Å². The van der Waals surface area contributed by atoms with E-state index in [1.807, 2.05) is 18.2 Å². The lowest BCUT2D eigenvalue weighted by Crippen LogP contribution is -2.37. The van der Waals surface area contributed by atoms with Gasteiger partial charge in [-0.1, -0.05) is 30.3 Å². The molecule has 0 bridgehead atoms. The van der Waals surface area contributed by atoms with Gasteiger partial charge in [0, 0.05) is 5.92 Å². The summed E-state index contributed by atoms with van der Waals surface area (Å²) in [7, 11) is 0. The standard InChI is InChI=1S/C10H14N4/c11-10(14-12)13-9-6-8(9)7-4-2-1-3-5-7/h1-5,8-9H,6,12H2,(H3,11,13,14). The van der Waals surface area contributed by atoms with Crippen molar-refractivity contribution in [2.45, 2.75) is 18.4 Å². The third-order valence-electron chi connectivity index (χ3n) is 2.44. The van der Waals surface area contributed by atoms with Gasteiger partial charge in [0.05, 0.1) is 6.04 Å². The molecular formula is C10H14N4. The zero-order chi connectivity index (χ0) is 9.97. The highest BCUT2D eigenvalue weighted by atomic mass is 15.3. The summed E-state index contributed by atoms with van der Waals surface area (Å²) in [5.41, 5.74) is 9.13. The monoisotopic (exact) mass is 190 g/mol. The van der Waals surface area contributed by atoms with E-state index in [4.69, 9.17) is 11.6 Å². The molecule has 4 heteroatoms. The van der Waals surface area contributed by atoms with E-state index in [2.05, 4.69) is 22.6 Å². The highest BCUT2D eigenvalue weighted by molar-refractivity contribution is 5.77. The van der Waals surface area contributed by atoms with Gasteiger partial charge in [-0.3, -0.25) is 5.43 Å². The Labute approximate surface area is 83.0 Å². The predicted molar refractivity (Wildman–Crippen MR) is 56.5 cm³/mol. The van der Waals surface area contributed by atoms with Crippen molar-refractivity contribution in [2.24, 2.45) is 16.6 Å². The molecule has 1 aromatic rings. The van der Waals surface area contributed by atoms with Crippen LogP contribution in [0.2, 0.25) is 0 Å². The molecule has 0 heterocycles. The molecule has 1 fully saturated rings. The van der Waals surface area contributed by atoms with E-state index in [1.54, 1.807) is 0 Å². The van der Waals surface area contributed by atoms with Crippen LogP contribution in [0.3, 0.4) is 0 Å². The Balaban J connectivity index is 2.00. The molecule has 1 aliphatic rings. The fourth-order valence-electron chi connectivity index (χ4n) is 1.60. The van der Waals surface area contributed by atoms with E-state index < -0.39 is 0 Å². The molecule has 14 heavy (non-hydrogen) atoms. The summed E-state index contributed by atoms with van der Waals surface area (Å²) in [6, 6.07) is 10.6. The molecule has 5 N–H and O–H groups in total. The van der Waals surface area contributed by atoms with Crippen LogP contribution >= 0.6 is 0 Å². The van der Waals surface area contributed by atoms with Gasteiger partial charge in [-0.05, 0) is 12.0 Å². The van der Waals surface area contributed by atoms with Crippen molar-refractivity contribution in [3.05, 3.63) is 35.9 Å². The van der Waals surface area contributed by atoms with Crippen molar-refractivity contribution in [1.29, 1.82) is 0 Å². The predicted octanol–water partition coefficient (Wildman–Crippen LogP) is 0.321. The van der Waals surface area contributed by atoms with Crippen molar-refractivity contribution in [1.82, 2.24) is 5.43 Å². The molecule has 2 unspecified atom stereocenters. The second-order valence-electron chi connectivity index (χ2n) is 3.48. The second kappa shape index (κ2) is 3.67. The highest BCUT2D eigenvalue weighted by Crippen LogP contribution is 2.43. The summed E-state index contributed by atoms with van der Waals surface area (Å²) in [6.45, 7) is 0. The Kier molecular flexibility index (Phi) is 2.37. The van der Waals surface area contributed by atoms with Crippen LogP contribution < -0.4 is 17.0 Å². The van der Waals surface area contributed by atoms with E-state index in [0.29, 0.717) is 17.9 Å². The van der Waals surface area contributed by atoms with Gasteiger partial charge >= 0.3 is 0 Å². The maximum Gasteiger partial charge on any atom is 0.203 e. The van der Waals surface area contributed by atoms with Crippen molar-refractivity contribution in [2.75, 3.05) is 0 Å². The summed E-state index contributed by atoms with van der Waals surface area (Å²) >= 11 is 0. The van der Waals surface area contributed by atoms with Crippen molar-refractivity contribution in [3.8, 4) is 0 Å². The van der Waals surface area contributed by atoms with Gasteiger partial charge in [0.1, 0.15) is 0 Å². The lowest BCUT2D eigenvalue weighted by molar-refractivity contribution is 0.931. The highest BCUT2D eigenvalue weighted by Gasteiger charge is 2.38. The van der Waals surface area contributed by atoms with Gasteiger partial charge in [0.25, 0.3) is 0 Å². The van der Waals surface area contributed by atoms with Crippen LogP contribution in [0.5, 0.6) is 0 Å². The van der Waals surface area contributed by atoms with E-state index in [1.165, 1.54) is 5.56 Å². The summed E-state index contributed by atoms with van der Waals surface area (Å²) in [5, 5.41) is 0. The maximum absolute atomic E-state index is 5.47. The molecule has 0 radical (unpaired) electrons. The first-order chi connectivity index (χ1) is 6.81. The van der Waals surface area contributed by atoms with E-state index in [9.17, 15) is 0 Å². The zero-order valence-corrected chi connectivity index (χ0v) is 7.85. The molecular weight excluding hydrogens is 176 g/mol. The molecule has 1 aromatic carbocycles. The average Bonchev–Trinajstić information content (AvgIpc) is 2.98. The quantitative estimate of drug-likeness (QED) is 0.272. The van der Waals surface area contributed by atoms with E-state index in [0.717, 1.165) is 6.42 Å². The molecule has 2 atom stereocenters. The Morgan fingerprint density at radius 2 is 2.07 bits per heavy atom. The fraction of sp³-hybridized carbons (Fsp3) is 0.300. The first-order valence-electron chi connectivity index (χ1n) is 4.66. The minimum Gasteiger partial charge on any atom is -0.369 e. The van der Waals surface area contributed by atoms with Crippen molar-refractivity contribution in [3.63, 3.8) is 0 Å². The smallest absolute Gasteiger partial charge is 0.203 e. The van der Waals surface area contributed by atoms with Crippen LogP contribution in [0.15, 0.2) is 35.3 Å². The third-order valence-corrected chi connectivity index (χ3v) is 2.44. The van der Waals surface area contributed by atoms with Gasteiger partial charge < -0.3 is 5.73 Å². The number of benzene rings is 1. The number of hydrogen-bond acceptors (Lipinski definition) is 2. The second-order valence-corrected chi connectivity index (χ2v) is 3.48. The number of rotatable bonds is 2. The Morgan fingerprint density at radius 3 is 2.71 bits per heavy atom. The molecule has 0 aliphatic heterocycles. The topological polar surface area (TPSA) is 76.4 Å². The van der Waals surface area contributed by atoms with E-state index in [-0.39, 0.29) is 0 Å². The number of hydrogen-bond donors (Lipinski definition) is 3. The van der Waals surface area contributed by atoms with Crippen LogP contribution in [-0.2, 0) is 0 Å². The number of aliphatic imine (C=N–C) groups is 1. The van der Waals surface area contributed by atoms with Crippen LogP contribution in [-0.4, -0.2) is 12.0 Å². The van der Waals surface area contributed by atoms with Crippen molar-refractivity contribution >= 4 is 5.96 Å². The summed E-state index contributed by atoms with van der Waals surface area (Å²) in [4.78, 5) is 4.22. The number of nitrogens with two attached hydrogens (primary N) is 2. The number of nitrogens with zero attached hydrogens (tertiary/aromatic N) is 1. The van der Waals surface area contributed by atoms with Crippen LogP contribution in [0.4, 0.5) is 0 Å². The summed E-state index contributed by atoms with van der Waals surface area (Å²) < 4.78 is 0. The Morgan fingerprint density at radius 1 is 1.36 bits per heavy atom. The Hall–Kier alpha value is -1.55. The van der Waals surface area contributed by atoms with Crippen LogP contribution in [0, 0.1) is 0 Å². The third kappa shape index (κ3) is 1.85. The van der Waals surface area contributed by atoms with Gasteiger partial charge in [0.15, 0.2) is 0 Å². The molecule has 1 saturated carbocycles.